The van der Waals surface area contributed by atoms with Crippen LogP contribution in [-0.4, -0.2) is 71.1 Å². The lowest BCUT2D eigenvalue weighted by molar-refractivity contribution is -0.114. The molecule has 0 saturated carbocycles. The van der Waals surface area contributed by atoms with Gasteiger partial charge in [-0.25, -0.2) is 9.97 Å². The van der Waals surface area contributed by atoms with Gasteiger partial charge in [-0.15, -0.1) is 0 Å². The van der Waals surface area contributed by atoms with Crippen molar-refractivity contribution in [2.45, 2.75) is 6.92 Å². The van der Waals surface area contributed by atoms with E-state index < -0.39 is 0 Å². The Morgan fingerprint density at radius 3 is 2.62 bits per heavy atom. The van der Waals surface area contributed by atoms with Crippen molar-refractivity contribution in [3.05, 3.63) is 66.6 Å². The van der Waals surface area contributed by atoms with Gasteiger partial charge in [0.05, 0.1) is 36.5 Å². The molecule has 5 rings (SSSR count). The van der Waals surface area contributed by atoms with Crippen LogP contribution in [0.4, 0.5) is 29.0 Å². The summed E-state index contributed by atoms with van der Waals surface area (Å²) in [6.45, 7) is 4.86. The van der Waals surface area contributed by atoms with E-state index in [-0.39, 0.29) is 5.91 Å². The maximum absolute atomic E-state index is 12.7. The van der Waals surface area contributed by atoms with Crippen molar-refractivity contribution in [3.8, 4) is 11.3 Å². The first kappa shape index (κ1) is 25.9. The minimum absolute atomic E-state index is 0.197. The second-order valence-electron chi connectivity index (χ2n) is 9.22. The van der Waals surface area contributed by atoms with Crippen molar-refractivity contribution < 1.29 is 9.53 Å². The molecule has 1 aliphatic rings. The van der Waals surface area contributed by atoms with Crippen molar-refractivity contribution >= 4 is 45.8 Å². The molecule has 1 fully saturated rings. The van der Waals surface area contributed by atoms with Gasteiger partial charge in [0.15, 0.2) is 0 Å². The number of pyridine rings is 2. The first-order valence-electron chi connectivity index (χ1n) is 12.7. The zero-order valence-electron chi connectivity index (χ0n) is 22.2. The molecular weight excluding hydrogens is 494 g/mol. The number of aromatic nitrogens is 4. The Morgan fingerprint density at radius 1 is 1.08 bits per heavy atom. The molecule has 0 atom stereocenters. The van der Waals surface area contributed by atoms with Gasteiger partial charge in [0.2, 0.25) is 5.95 Å². The van der Waals surface area contributed by atoms with Gasteiger partial charge in [0.1, 0.15) is 17.2 Å². The highest BCUT2D eigenvalue weighted by Crippen LogP contribution is 2.30. The summed E-state index contributed by atoms with van der Waals surface area (Å²) in [5, 5.41) is 6.85. The van der Waals surface area contributed by atoms with Crippen molar-refractivity contribution in [3.63, 3.8) is 0 Å². The van der Waals surface area contributed by atoms with E-state index in [1.807, 2.05) is 57.4 Å². The van der Waals surface area contributed by atoms with E-state index >= 15 is 0 Å². The quantitative estimate of drug-likeness (QED) is 0.307. The van der Waals surface area contributed by atoms with Crippen LogP contribution in [0.5, 0.6) is 0 Å². The van der Waals surface area contributed by atoms with Crippen LogP contribution in [0.15, 0.2) is 66.6 Å². The highest BCUT2D eigenvalue weighted by Gasteiger charge is 2.16. The Bertz CT molecular complexity index is 1510. The predicted octanol–water partition coefficient (Wildman–Crippen LogP) is 3.65. The zero-order chi connectivity index (χ0) is 27.4. The normalized spacial score (nSPS) is 13.8. The molecule has 4 N–H and O–H groups in total. The topological polar surface area (TPSA) is 134 Å². The van der Waals surface area contributed by atoms with Crippen LogP contribution < -0.4 is 21.3 Å². The number of hydrogen-bond donors (Lipinski definition) is 3. The maximum atomic E-state index is 12.7. The average Bonchev–Trinajstić information content (AvgIpc) is 2.94. The molecule has 1 aromatic carbocycles. The number of hydrogen-bond acceptors (Lipinski definition) is 10. The van der Waals surface area contributed by atoms with Crippen LogP contribution in [0.1, 0.15) is 6.92 Å². The standard InChI is InChI=1S/C28H31N9O2/c1-4-22(36(2)3)27(38)32-19-7-5-6-18(16-19)24-25-21(10-11-30-24)26(29)35-28(34-25)33-20-8-9-23(31-17-20)37-12-14-39-15-13-37/h4-11,16-17H,12-15H2,1-3H3,(H,32,38)(H3,29,33,34,35)/b22-4+. The van der Waals surface area contributed by atoms with E-state index in [0.29, 0.717) is 53.0 Å². The maximum Gasteiger partial charge on any atom is 0.271 e. The summed E-state index contributed by atoms with van der Waals surface area (Å²) in [4.78, 5) is 35.1. The van der Waals surface area contributed by atoms with E-state index in [4.69, 9.17) is 15.5 Å². The number of nitrogens with two attached hydrogens (primary N) is 1. The van der Waals surface area contributed by atoms with E-state index in [1.54, 1.807) is 29.4 Å². The molecule has 200 valence electrons. The van der Waals surface area contributed by atoms with Gasteiger partial charge in [-0.3, -0.25) is 9.78 Å². The van der Waals surface area contributed by atoms with Crippen molar-refractivity contribution in [1.29, 1.82) is 0 Å². The van der Waals surface area contributed by atoms with Gasteiger partial charge in [-0.2, -0.15) is 4.98 Å². The van der Waals surface area contributed by atoms with Gasteiger partial charge in [-0.1, -0.05) is 18.2 Å². The molecule has 1 aliphatic heterocycles. The van der Waals surface area contributed by atoms with Gasteiger partial charge < -0.3 is 30.9 Å². The summed E-state index contributed by atoms with van der Waals surface area (Å²) < 4.78 is 5.42. The number of likely N-dealkylation sites (N-methyl/N-ethyl adjacent to an activating group) is 1. The Hall–Kier alpha value is -4.77. The Kier molecular flexibility index (Phi) is 7.50. The van der Waals surface area contributed by atoms with Crippen LogP contribution in [-0.2, 0) is 9.53 Å². The summed E-state index contributed by atoms with van der Waals surface area (Å²) in [5.74, 6) is 1.37. The lowest BCUT2D eigenvalue weighted by Gasteiger charge is -2.27. The minimum Gasteiger partial charge on any atom is -0.383 e. The van der Waals surface area contributed by atoms with Crippen LogP contribution in [0, 0.1) is 0 Å². The van der Waals surface area contributed by atoms with E-state index in [2.05, 4.69) is 30.5 Å². The van der Waals surface area contributed by atoms with Crippen LogP contribution in [0.2, 0.25) is 0 Å². The second-order valence-corrected chi connectivity index (χ2v) is 9.22. The first-order chi connectivity index (χ1) is 18.9. The predicted molar refractivity (Wildman–Crippen MR) is 154 cm³/mol. The molecule has 39 heavy (non-hydrogen) atoms. The Morgan fingerprint density at radius 2 is 1.90 bits per heavy atom. The fourth-order valence-corrected chi connectivity index (χ4v) is 4.45. The number of nitrogens with zero attached hydrogens (tertiary/aromatic N) is 6. The first-order valence-corrected chi connectivity index (χ1v) is 12.7. The summed E-state index contributed by atoms with van der Waals surface area (Å²) >= 11 is 0. The molecule has 0 radical (unpaired) electrons. The number of nitrogens with one attached hydrogen (secondary N) is 2. The number of allylic oxidation sites excluding steroid dienone is 1. The van der Waals surface area contributed by atoms with Gasteiger partial charge in [0, 0.05) is 50.0 Å². The fourth-order valence-electron chi connectivity index (χ4n) is 4.45. The number of morpholine rings is 1. The average molecular weight is 526 g/mol. The third-order valence-corrected chi connectivity index (χ3v) is 6.37. The Balaban J connectivity index is 1.43. The number of nitrogen functional groups attached to an aromatic ring is 1. The molecule has 1 saturated heterocycles. The van der Waals surface area contributed by atoms with Crippen molar-refractivity contribution in [2.75, 3.05) is 61.7 Å². The number of carbonyl (C=O) groups excluding carboxylic acids is 1. The molecule has 4 heterocycles. The number of benzene rings is 1. The fraction of sp³-hybridized carbons (Fsp3) is 0.250. The van der Waals surface area contributed by atoms with Crippen LogP contribution in [0.25, 0.3) is 22.2 Å². The molecule has 3 aromatic heterocycles. The minimum atomic E-state index is -0.197. The van der Waals surface area contributed by atoms with Crippen molar-refractivity contribution in [1.82, 2.24) is 24.8 Å². The van der Waals surface area contributed by atoms with E-state index in [0.717, 1.165) is 30.2 Å². The molecular formula is C28H31N9O2. The Labute approximate surface area is 226 Å². The monoisotopic (exact) mass is 525 g/mol. The second kappa shape index (κ2) is 11.3. The van der Waals surface area contributed by atoms with Gasteiger partial charge in [-0.05, 0) is 37.3 Å². The number of carbonyl (C=O) groups is 1. The molecule has 11 heteroatoms. The van der Waals surface area contributed by atoms with Crippen LogP contribution >= 0.6 is 0 Å². The number of rotatable bonds is 7. The summed E-state index contributed by atoms with van der Waals surface area (Å²) in [6.07, 6.45) is 5.19. The smallest absolute Gasteiger partial charge is 0.271 e. The molecule has 1 amide bonds. The number of fused-ring (bicyclic) bond motifs is 1. The highest BCUT2D eigenvalue weighted by molar-refractivity contribution is 6.04. The van der Waals surface area contributed by atoms with E-state index in [1.165, 1.54) is 0 Å². The lowest BCUT2D eigenvalue weighted by Crippen LogP contribution is -2.36. The molecule has 0 bridgehead atoms. The SMILES string of the molecule is C/C=C(\C(=O)Nc1cccc(-c2nccc3c(N)nc(Nc4ccc(N5CCOCC5)nc4)nc23)c1)N(C)C. The summed E-state index contributed by atoms with van der Waals surface area (Å²) in [5.41, 5.74) is 10.3. The number of amides is 1. The lowest BCUT2D eigenvalue weighted by atomic mass is 10.1. The number of anilines is 5. The summed E-state index contributed by atoms with van der Waals surface area (Å²) in [6, 6.07) is 13.2. The van der Waals surface area contributed by atoms with Gasteiger partial charge >= 0.3 is 0 Å². The van der Waals surface area contributed by atoms with Crippen molar-refractivity contribution in [2.24, 2.45) is 0 Å². The molecule has 0 spiro atoms. The number of ether oxygens (including phenoxy) is 1. The van der Waals surface area contributed by atoms with E-state index in [9.17, 15) is 4.79 Å². The third-order valence-electron chi connectivity index (χ3n) is 6.37. The third kappa shape index (κ3) is 5.73. The molecule has 4 aromatic rings. The molecule has 0 unspecified atom stereocenters. The van der Waals surface area contributed by atoms with Crippen LogP contribution in [0.3, 0.4) is 0 Å². The molecule has 11 nitrogen and oxygen atoms in total. The van der Waals surface area contributed by atoms with Gasteiger partial charge in [0.25, 0.3) is 5.91 Å². The highest BCUT2D eigenvalue weighted by atomic mass is 16.5. The zero-order valence-corrected chi connectivity index (χ0v) is 22.2. The summed E-state index contributed by atoms with van der Waals surface area (Å²) in [7, 11) is 3.66. The largest absolute Gasteiger partial charge is 0.383 e. The molecule has 0 aliphatic carbocycles.